The Morgan fingerprint density at radius 1 is 0.935 bits per heavy atom. The molecule has 0 unspecified atom stereocenters. The SMILES string of the molecule is C=CC(=O)O.CCCCCCCCCc1ccccc1O.O=C(Cl)Oc1ccccc1. The number of hydrogen-bond acceptors (Lipinski definition) is 4. The Morgan fingerprint density at radius 3 is 1.97 bits per heavy atom. The number of carbonyl (C=O) groups excluding carboxylic acids is 1. The van der Waals surface area contributed by atoms with E-state index < -0.39 is 11.4 Å². The van der Waals surface area contributed by atoms with Crippen LogP contribution in [0.25, 0.3) is 0 Å². The van der Waals surface area contributed by atoms with Crippen molar-refractivity contribution in [3.8, 4) is 11.5 Å². The van der Waals surface area contributed by atoms with E-state index in [0.29, 0.717) is 11.5 Å². The molecule has 5 nitrogen and oxygen atoms in total. The van der Waals surface area contributed by atoms with E-state index in [-0.39, 0.29) is 0 Å². The predicted molar refractivity (Wildman–Crippen MR) is 126 cm³/mol. The molecule has 0 amide bonds. The Balaban J connectivity index is 0.000000509. The van der Waals surface area contributed by atoms with Crippen LogP contribution in [0.2, 0.25) is 0 Å². The molecule has 0 bridgehead atoms. The van der Waals surface area contributed by atoms with Crippen molar-refractivity contribution in [3.05, 3.63) is 72.8 Å². The number of carboxylic acids is 1. The van der Waals surface area contributed by atoms with E-state index in [1.54, 1.807) is 30.3 Å². The highest BCUT2D eigenvalue weighted by atomic mass is 35.5. The van der Waals surface area contributed by atoms with Gasteiger partial charge >= 0.3 is 11.4 Å². The van der Waals surface area contributed by atoms with Gasteiger partial charge in [-0.05, 0) is 36.6 Å². The van der Waals surface area contributed by atoms with Gasteiger partial charge in [0, 0.05) is 17.7 Å². The van der Waals surface area contributed by atoms with Crippen LogP contribution in [-0.2, 0) is 11.2 Å². The number of unbranched alkanes of at least 4 members (excludes halogenated alkanes) is 6. The van der Waals surface area contributed by atoms with Crippen LogP contribution in [-0.4, -0.2) is 21.6 Å². The van der Waals surface area contributed by atoms with Gasteiger partial charge in [0.05, 0.1) is 0 Å². The van der Waals surface area contributed by atoms with Crippen molar-refractivity contribution in [2.45, 2.75) is 58.3 Å². The number of rotatable bonds is 10. The first-order chi connectivity index (χ1) is 14.9. The zero-order chi connectivity index (χ0) is 23.3. The molecule has 0 saturated carbocycles. The van der Waals surface area contributed by atoms with E-state index >= 15 is 0 Å². The van der Waals surface area contributed by atoms with Gasteiger partial charge in [0.1, 0.15) is 11.5 Å². The maximum Gasteiger partial charge on any atom is 0.409 e. The molecule has 0 atom stereocenters. The van der Waals surface area contributed by atoms with Crippen molar-refractivity contribution in [2.75, 3.05) is 0 Å². The van der Waals surface area contributed by atoms with Gasteiger partial charge in [-0.1, -0.05) is 88.4 Å². The fraction of sp³-hybridized carbons (Fsp3) is 0.360. The van der Waals surface area contributed by atoms with Gasteiger partial charge in [-0.3, -0.25) is 0 Å². The van der Waals surface area contributed by atoms with Gasteiger partial charge in [0.25, 0.3) is 0 Å². The molecular formula is C25H33ClO5. The van der Waals surface area contributed by atoms with E-state index in [2.05, 4.69) is 18.2 Å². The van der Waals surface area contributed by atoms with Crippen LogP contribution >= 0.6 is 11.6 Å². The van der Waals surface area contributed by atoms with Crippen LogP contribution < -0.4 is 4.74 Å². The van der Waals surface area contributed by atoms with Crippen molar-refractivity contribution in [1.82, 2.24) is 0 Å². The fourth-order valence-corrected chi connectivity index (χ4v) is 2.67. The Hall–Kier alpha value is -2.79. The number of phenols is 1. The minimum Gasteiger partial charge on any atom is -0.508 e. The number of phenolic OH excluding ortho intramolecular Hbond substituents is 1. The van der Waals surface area contributed by atoms with Crippen molar-refractivity contribution in [3.63, 3.8) is 0 Å². The molecule has 0 radical (unpaired) electrons. The Bertz CT molecular complexity index is 747. The normalized spacial score (nSPS) is 9.35. The minimum atomic E-state index is -0.981. The van der Waals surface area contributed by atoms with Crippen LogP contribution in [0.15, 0.2) is 67.3 Å². The van der Waals surface area contributed by atoms with E-state index in [9.17, 15) is 14.7 Å². The molecule has 0 saturated heterocycles. The topological polar surface area (TPSA) is 83.8 Å². The lowest BCUT2D eigenvalue weighted by Crippen LogP contribution is -1.94. The van der Waals surface area contributed by atoms with E-state index in [1.807, 2.05) is 24.3 Å². The Kier molecular flexibility index (Phi) is 17.5. The molecule has 0 spiro atoms. The third kappa shape index (κ3) is 17.8. The summed E-state index contributed by atoms with van der Waals surface area (Å²) in [6, 6.07) is 16.3. The summed E-state index contributed by atoms with van der Waals surface area (Å²) in [7, 11) is 0. The van der Waals surface area contributed by atoms with Crippen LogP contribution in [0.1, 0.15) is 57.4 Å². The summed E-state index contributed by atoms with van der Waals surface area (Å²) in [5.41, 5.74) is 0.280. The molecule has 170 valence electrons. The molecule has 0 aromatic heterocycles. The number of halogens is 1. The van der Waals surface area contributed by atoms with E-state index in [4.69, 9.17) is 16.7 Å². The van der Waals surface area contributed by atoms with Crippen LogP contribution in [0.3, 0.4) is 0 Å². The highest BCUT2D eigenvalue weighted by Gasteiger charge is 1.99. The fourth-order valence-electron chi connectivity index (χ4n) is 2.58. The Labute approximate surface area is 190 Å². The second kappa shape index (κ2) is 19.2. The van der Waals surface area contributed by atoms with E-state index in [0.717, 1.165) is 18.1 Å². The van der Waals surface area contributed by atoms with Crippen molar-refractivity contribution in [2.24, 2.45) is 0 Å². The number of ether oxygens (including phenoxy) is 1. The number of aryl methyl sites for hydroxylation is 1. The lowest BCUT2D eigenvalue weighted by molar-refractivity contribution is -0.131. The largest absolute Gasteiger partial charge is 0.508 e. The number of aromatic hydroxyl groups is 1. The third-order valence-electron chi connectivity index (χ3n) is 4.16. The average molecular weight is 449 g/mol. The maximum absolute atomic E-state index is 10.2. The molecule has 2 N–H and O–H groups in total. The summed E-state index contributed by atoms with van der Waals surface area (Å²) < 4.78 is 4.54. The molecule has 2 aromatic carbocycles. The maximum atomic E-state index is 10.2. The molecular weight excluding hydrogens is 416 g/mol. The summed E-state index contributed by atoms with van der Waals surface area (Å²) in [4.78, 5) is 19.4. The summed E-state index contributed by atoms with van der Waals surface area (Å²) >= 11 is 4.95. The number of carboxylic acid groups (broad SMARTS) is 1. The van der Waals surface area contributed by atoms with Crippen LogP contribution in [0.4, 0.5) is 4.79 Å². The lowest BCUT2D eigenvalue weighted by atomic mass is 10.0. The van der Waals surface area contributed by atoms with Crippen LogP contribution in [0.5, 0.6) is 11.5 Å². The first-order valence-electron chi connectivity index (χ1n) is 10.4. The third-order valence-corrected chi connectivity index (χ3v) is 4.23. The molecule has 2 aromatic rings. The smallest absolute Gasteiger partial charge is 0.409 e. The molecule has 0 aliphatic rings. The zero-order valence-electron chi connectivity index (χ0n) is 18.1. The highest BCUT2D eigenvalue weighted by molar-refractivity contribution is 6.61. The monoisotopic (exact) mass is 448 g/mol. The van der Waals surface area contributed by atoms with Crippen molar-refractivity contribution < 1.29 is 24.5 Å². The van der Waals surface area contributed by atoms with Gasteiger partial charge < -0.3 is 14.9 Å². The number of aliphatic carboxylic acids is 1. The van der Waals surface area contributed by atoms with Gasteiger partial charge in [-0.2, -0.15) is 0 Å². The van der Waals surface area contributed by atoms with Gasteiger partial charge in [0.15, 0.2) is 0 Å². The van der Waals surface area contributed by atoms with E-state index in [1.165, 1.54) is 44.9 Å². The molecule has 0 aliphatic carbocycles. The molecule has 0 aliphatic heterocycles. The first-order valence-corrected chi connectivity index (χ1v) is 10.8. The summed E-state index contributed by atoms with van der Waals surface area (Å²) in [6.07, 6.45) is 11.1. The average Bonchev–Trinajstić information content (AvgIpc) is 2.75. The molecule has 6 heteroatoms. The number of carbonyl (C=O) groups is 2. The molecule has 0 heterocycles. The first kappa shape index (κ1) is 28.2. The minimum absolute atomic E-state index is 0.452. The van der Waals surface area contributed by atoms with Gasteiger partial charge in [0.2, 0.25) is 0 Å². The molecule has 0 fully saturated rings. The molecule has 2 rings (SSSR count). The Morgan fingerprint density at radius 2 is 1.45 bits per heavy atom. The number of benzene rings is 2. The molecule has 31 heavy (non-hydrogen) atoms. The quantitative estimate of drug-likeness (QED) is 0.225. The zero-order valence-corrected chi connectivity index (χ0v) is 18.9. The summed E-state index contributed by atoms with van der Waals surface area (Å²) in [5.74, 6) is -0.0685. The second-order valence-corrected chi connectivity index (χ2v) is 7.00. The van der Waals surface area contributed by atoms with Gasteiger partial charge in [-0.15, -0.1) is 0 Å². The van der Waals surface area contributed by atoms with Crippen LogP contribution in [0, 0.1) is 0 Å². The highest BCUT2D eigenvalue weighted by Crippen LogP contribution is 2.18. The lowest BCUT2D eigenvalue weighted by Gasteiger charge is -2.04. The number of para-hydroxylation sites is 2. The van der Waals surface area contributed by atoms with Crippen molar-refractivity contribution in [1.29, 1.82) is 0 Å². The summed E-state index contributed by atoms with van der Waals surface area (Å²) in [5, 5.41) is 17.2. The van der Waals surface area contributed by atoms with Gasteiger partial charge in [-0.25, -0.2) is 9.59 Å². The number of hydrogen-bond donors (Lipinski definition) is 2. The standard InChI is InChI=1S/C15H24O.C7H5ClO2.C3H4O2/c1-2-3-4-5-6-7-8-11-14-12-9-10-13-15(14)16;8-7(9)10-6-4-2-1-3-5-6;1-2-3(4)5/h9-10,12-13,16H,2-8,11H2,1H3;1-5H;2H,1H2,(H,4,5). The second-order valence-electron chi connectivity index (χ2n) is 6.70. The van der Waals surface area contributed by atoms with Crippen molar-refractivity contribution >= 4 is 23.0 Å². The summed E-state index contributed by atoms with van der Waals surface area (Å²) in [6.45, 7) is 5.21. The predicted octanol–water partition coefficient (Wildman–Crippen LogP) is 7.37.